The summed E-state index contributed by atoms with van der Waals surface area (Å²) >= 11 is 0. The molecule has 0 spiro atoms. The van der Waals surface area contributed by atoms with Crippen molar-refractivity contribution in [3.63, 3.8) is 0 Å². The number of nitrogens with zero attached hydrogens (tertiary/aromatic N) is 4. The number of pyridine rings is 1. The minimum atomic E-state index is -0.113. The van der Waals surface area contributed by atoms with E-state index < -0.39 is 0 Å². The van der Waals surface area contributed by atoms with Gasteiger partial charge < -0.3 is 20.7 Å². The molecule has 0 aliphatic carbocycles. The Morgan fingerprint density at radius 1 is 1.32 bits per heavy atom. The molecule has 8 heteroatoms. The Balaban J connectivity index is 1.69. The highest BCUT2D eigenvalue weighted by molar-refractivity contribution is 5.78. The van der Waals surface area contributed by atoms with Gasteiger partial charge in [0.1, 0.15) is 12.0 Å². The van der Waals surface area contributed by atoms with Crippen molar-refractivity contribution in [3.05, 3.63) is 30.9 Å². The van der Waals surface area contributed by atoms with Gasteiger partial charge in [-0.05, 0) is 31.9 Å². The lowest BCUT2D eigenvalue weighted by Gasteiger charge is -2.32. The van der Waals surface area contributed by atoms with Gasteiger partial charge in [0.2, 0.25) is 0 Å². The van der Waals surface area contributed by atoms with E-state index in [0.717, 1.165) is 18.5 Å². The predicted molar refractivity (Wildman–Crippen MR) is 95.5 cm³/mol. The highest BCUT2D eigenvalue weighted by Gasteiger charge is 2.27. The fraction of sp³-hybridized carbons (Fsp3) is 0.412. The van der Waals surface area contributed by atoms with Gasteiger partial charge >= 0.3 is 5.97 Å². The molecule has 2 aromatic rings. The third kappa shape index (κ3) is 3.96. The van der Waals surface area contributed by atoms with Crippen LogP contribution in [-0.4, -0.2) is 40.6 Å². The summed E-state index contributed by atoms with van der Waals surface area (Å²) < 4.78 is 5.11. The van der Waals surface area contributed by atoms with Crippen molar-refractivity contribution in [2.45, 2.75) is 19.8 Å². The third-order valence-electron chi connectivity index (χ3n) is 4.22. The number of rotatable bonds is 5. The molecule has 0 aromatic carbocycles. The van der Waals surface area contributed by atoms with Crippen LogP contribution < -0.4 is 16.0 Å². The van der Waals surface area contributed by atoms with E-state index in [1.807, 2.05) is 19.1 Å². The monoisotopic (exact) mass is 342 g/mol. The highest BCUT2D eigenvalue weighted by atomic mass is 16.5. The molecule has 1 aliphatic heterocycles. The largest absolute Gasteiger partial charge is 0.466 e. The quantitative estimate of drug-likeness (QED) is 0.795. The van der Waals surface area contributed by atoms with Crippen LogP contribution in [0.3, 0.4) is 0 Å². The first-order valence-corrected chi connectivity index (χ1v) is 8.38. The summed E-state index contributed by atoms with van der Waals surface area (Å²) in [5, 5.41) is 3.18. The molecular weight excluding hydrogens is 320 g/mol. The molecule has 3 rings (SSSR count). The zero-order valence-corrected chi connectivity index (χ0v) is 14.2. The fourth-order valence-electron chi connectivity index (χ4n) is 2.90. The lowest BCUT2D eigenvalue weighted by atomic mass is 9.97. The number of esters is 1. The second-order valence-corrected chi connectivity index (χ2v) is 5.83. The number of anilines is 4. The Morgan fingerprint density at radius 3 is 2.72 bits per heavy atom. The van der Waals surface area contributed by atoms with E-state index in [2.05, 4.69) is 25.2 Å². The van der Waals surface area contributed by atoms with E-state index in [1.165, 1.54) is 6.33 Å². The number of piperidine rings is 1. The molecular formula is C17H22N6O2. The third-order valence-corrected chi connectivity index (χ3v) is 4.22. The SMILES string of the molecule is CCOC(=O)C1CCN(c2ncnc(Nc3ccncc3)c2N)CC1. The second-order valence-electron chi connectivity index (χ2n) is 5.83. The van der Waals surface area contributed by atoms with E-state index in [1.54, 1.807) is 12.4 Å². The first kappa shape index (κ1) is 16.9. The number of hydrogen-bond acceptors (Lipinski definition) is 8. The second kappa shape index (κ2) is 7.78. The zero-order chi connectivity index (χ0) is 17.6. The summed E-state index contributed by atoms with van der Waals surface area (Å²) in [6, 6.07) is 3.68. The van der Waals surface area contributed by atoms with Crippen molar-refractivity contribution in [1.82, 2.24) is 15.0 Å². The van der Waals surface area contributed by atoms with Crippen molar-refractivity contribution in [2.75, 3.05) is 35.6 Å². The number of nitrogens with one attached hydrogen (secondary N) is 1. The van der Waals surface area contributed by atoms with Gasteiger partial charge in [-0.15, -0.1) is 0 Å². The fourth-order valence-corrected chi connectivity index (χ4v) is 2.90. The van der Waals surface area contributed by atoms with E-state index in [4.69, 9.17) is 10.5 Å². The molecule has 0 amide bonds. The summed E-state index contributed by atoms with van der Waals surface area (Å²) in [4.78, 5) is 26.5. The maximum absolute atomic E-state index is 11.9. The summed E-state index contributed by atoms with van der Waals surface area (Å²) in [5.74, 6) is 1.09. The maximum atomic E-state index is 11.9. The van der Waals surface area contributed by atoms with Crippen LogP contribution in [0.5, 0.6) is 0 Å². The van der Waals surface area contributed by atoms with Gasteiger partial charge in [0.05, 0.1) is 12.5 Å². The molecule has 0 bridgehead atoms. The van der Waals surface area contributed by atoms with E-state index in [9.17, 15) is 4.79 Å². The van der Waals surface area contributed by atoms with Gasteiger partial charge in [-0.25, -0.2) is 9.97 Å². The number of carbonyl (C=O) groups excluding carboxylic acids is 1. The minimum absolute atomic E-state index is 0.0475. The maximum Gasteiger partial charge on any atom is 0.309 e. The molecule has 1 saturated heterocycles. The van der Waals surface area contributed by atoms with Gasteiger partial charge in [0.25, 0.3) is 0 Å². The number of nitrogen functional groups attached to an aromatic ring is 1. The number of ether oxygens (including phenoxy) is 1. The van der Waals surface area contributed by atoms with E-state index >= 15 is 0 Å². The van der Waals surface area contributed by atoms with Crippen LogP contribution >= 0.6 is 0 Å². The van der Waals surface area contributed by atoms with Gasteiger partial charge in [0, 0.05) is 31.2 Å². The van der Waals surface area contributed by atoms with Crippen LogP contribution in [0.25, 0.3) is 0 Å². The Kier molecular flexibility index (Phi) is 5.27. The number of nitrogens with two attached hydrogens (primary N) is 1. The van der Waals surface area contributed by atoms with Crippen LogP contribution in [0.2, 0.25) is 0 Å². The average Bonchev–Trinajstić information content (AvgIpc) is 2.65. The molecule has 0 saturated carbocycles. The summed E-state index contributed by atoms with van der Waals surface area (Å²) in [6.07, 6.45) is 6.35. The van der Waals surface area contributed by atoms with E-state index in [-0.39, 0.29) is 11.9 Å². The first-order chi connectivity index (χ1) is 12.2. The molecule has 0 radical (unpaired) electrons. The van der Waals surface area contributed by atoms with Crippen LogP contribution in [0.1, 0.15) is 19.8 Å². The van der Waals surface area contributed by atoms with E-state index in [0.29, 0.717) is 37.0 Å². The summed E-state index contributed by atoms with van der Waals surface area (Å²) in [5.41, 5.74) is 7.62. The van der Waals surface area contributed by atoms with Crippen molar-refractivity contribution >= 4 is 29.0 Å². The van der Waals surface area contributed by atoms with Gasteiger partial charge in [-0.3, -0.25) is 9.78 Å². The number of hydrogen-bond donors (Lipinski definition) is 2. The highest BCUT2D eigenvalue weighted by Crippen LogP contribution is 2.31. The van der Waals surface area contributed by atoms with Crippen LogP contribution in [0.15, 0.2) is 30.9 Å². The summed E-state index contributed by atoms with van der Waals surface area (Å²) in [7, 11) is 0. The molecule has 1 fully saturated rings. The summed E-state index contributed by atoms with van der Waals surface area (Å²) in [6.45, 7) is 3.66. The topological polar surface area (TPSA) is 106 Å². The number of aromatic nitrogens is 3. The van der Waals surface area contributed by atoms with Gasteiger partial charge in [-0.2, -0.15) is 0 Å². The molecule has 0 atom stereocenters. The molecule has 2 aromatic heterocycles. The van der Waals surface area contributed by atoms with Crippen molar-refractivity contribution in [1.29, 1.82) is 0 Å². The van der Waals surface area contributed by atoms with Crippen molar-refractivity contribution in [2.24, 2.45) is 5.92 Å². The Labute approximate surface area is 146 Å². The smallest absolute Gasteiger partial charge is 0.309 e. The lowest BCUT2D eigenvalue weighted by molar-refractivity contribution is -0.148. The first-order valence-electron chi connectivity index (χ1n) is 8.38. The van der Waals surface area contributed by atoms with Crippen LogP contribution in [0.4, 0.5) is 23.0 Å². The molecule has 8 nitrogen and oxygen atoms in total. The standard InChI is InChI=1S/C17H22N6O2/c1-2-25-17(24)12-5-9-23(10-6-12)16-14(18)15(20-11-21-16)22-13-3-7-19-8-4-13/h3-4,7-8,11-12H,2,5-6,9-10,18H2,1H3,(H,19,20,21,22). The Hall–Kier alpha value is -2.90. The van der Waals surface area contributed by atoms with Gasteiger partial charge in [0.15, 0.2) is 11.6 Å². The molecule has 3 heterocycles. The van der Waals surface area contributed by atoms with Crippen LogP contribution in [0, 0.1) is 5.92 Å². The zero-order valence-electron chi connectivity index (χ0n) is 14.2. The van der Waals surface area contributed by atoms with Crippen molar-refractivity contribution < 1.29 is 9.53 Å². The Bertz CT molecular complexity index is 716. The molecule has 132 valence electrons. The Morgan fingerprint density at radius 2 is 2.04 bits per heavy atom. The predicted octanol–water partition coefficient (Wildman–Crippen LogP) is 1.98. The van der Waals surface area contributed by atoms with Crippen molar-refractivity contribution in [3.8, 4) is 0 Å². The normalized spacial score (nSPS) is 15.0. The number of carbonyl (C=O) groups is 1. The lowest BCUT2D eigenvalue weighted by Crippen LogP contribution is -2.37. The van der Waals surface area contributed by atoms with Gasteiger partial charge in [-0.1, -0.05) is 0 Å². The molecule has 1 aliphatic rings. The van der Waals surface area contributed by atoms with Crippen LogP contribution in [-0.2, 0) is 9.53 Å². The average molecular weight is 342 g/mol. The minimum Gasteiger partial charge on any atom is -0.466 e. The molecule has 25 heavy (non-hydrogen) atoms. The molecule has 3 N–H and O–H groups in total. The molecule has 0 unspecified atom stereocenters.